The van der Waals surface area contributed by atoms with Gasteiger partial charge in [-0.25, -0.2) is 4.39 Å². The maximum Gasteiger partial charge on any atom is 0.142 e. The van der Waals surface area contributed by atoms with Crippen molar-refractivity contribution >= 4 is 11.6 Å². The minimum Gasteiger partial charge on any atom is -0.308 e. The zero-order valence-corrected chi connectivity index (χ0v) is 12.1. The Bertz CT molecular complexity index is 548. The molecule has 3 nitrogen and oxygen atoms in total. The molecule has 1 atom stereocenters. The second-order valence-corrected chi connectivity index (χ2v) is 5.00. The molecular weight excluding hydrogens is 277 g/mol. The maximum atomic E-state index is 13.5. The summed E-state index contributed by atoms with van der Waals surface area (Å²) in [5, 5.41) is 3.56. The summed E-state index contributed by atoms with van der Waals surface area (Å²) in [5.74, 6) is -0.391. The third-order valence-electron chi connectivity index (χ3n) is 3.00. The van der Waals surface area contributed by atoms with Gasteiger partial charge in [-0.2, -0.15) is 0 Å². The standard InChI is InChI=1S/C15H17ClFN3/c1-2-5-19-14(15-10-18-6-7-20-15)9-11-3-4-12(16)13(17)8-11/h3-4,6-8,10,14,19H,2,5,9H2,1H3. The topological polar surface area (TPSA) is 37.8 Å². The van der Waals surface area contributed by atoms with E-state index in [0.29, 0.717) is 6.42 Å². The third-order valence-corrected chi connectivity index (χ3v) is 3.31. The average Bonchev–Trinajstić information content (AvgIpc) is 2.48. The molecule has 0 amide bonds. The Morgan fingerprint density at radius 3 is 2.85 bits per heavy atom. The van der Waals surface area contributed by atoms with Crippen LogP contribution >= 0.6 is 11.6 Å². The fraction of sp³-hybridized carbons (Fsp3) is 0.333. The van der Waals surface area contributed by atoms with Gasteiger partial charge < -0.3 is 5.32 Å². The molecule has 0 saturated carbocycles. The largest absolute Gasteiger partial charge is 0.308 e. The van der Waals surface area contributed by atoms with Crippen molar-refractivity contribution < 1.29 is 4.39 Å². The van der Waals surface area contributed by atoms with Crippen molar-refractivity contribution in [2.45, 2.75) is 25.8 Å². The molecule has 1 aromatic heterocycles. The Labute approximate surface area is 123 Å². The van der Waals surface area contributed by atoms with Crippen LogP contribution in [0.4, 0.5) is 4.39 Å². The molecular formula is C15H17ClFN3. The lowest BCUT2D eigenvalue weighted by atomic mass is 10.0. The van der Waals surface area contributed by atoms with E-state index in [-0.39, 0.29) is 11.1 Å². The molecule has 1 N–H and O–H groups in total. The van der Waals surface area contributed by atoms with Crippen molar-refractivity contribution in [3.8, 4) is 0 Å². The van der Waals surface area contributed by atoms with Crippen LogP contribution in [0.15, 0.2) is 36.8 Å². The Balaban J connectivity index is 2.17. The predicted molar refractivity (Wildman–Crippen MR) is 78.2 cm³/mol. The lowest BCUT2D eigenvalue weighted by Crippen LogP contribution is -2.25. The molecule has 2 rings (SSSR count). The van der Waals surface area contributed by atoms with Crippen LogP contribution in [0, 0.1) is 5.82 Å². The Hall–Kier alpha value is -1.52. The lowest BCUT2D eigenvalue weighted by Gasteiger charge is -2.18. The quantitative estimate of drug-likeness (QED) is 0.885. The summed E-state index contributed by atoms with van der Waals surface area (Å²) in [6.07, 6.45) is 6.71. The summed E-state index contributed by atoms with van der Waals surface area (Å²) in [7, 11) is 0. The predicted octanol–water partition coefficient (Wildman–Crippen LogP) is 3.55. The molecule has 0 saturated heterocycles. The molecule has 0 aliphatic carbocycles. The highest BCUT2D eigenvalue weighted by atomic mass is 35.5. The molecule has 0 spiro atoms. The van der Waals surface area contributed by atoms with E-state index < -0.39 is 5.82 Å². The van der Waals surface area contributed by atoms with Gasteiger partial charge in [0.15, 0.2) is 0 Å². The van der Waals surface area contributed by atoms with E-state index in [1.807, 2.05) is 6.07 Å². The molecule has 2 aromatic rings. The van der Waals surface area contributed by atoms with E-state index in [2.05, 4.69) is 22.2 Å². The van der Waals surface area contributed by atoms with Crippen molar-refractivity contribution in [3.05, 3.63) is 58.9 Å². The second-order valence-electron chi connectivity index (χ2n) is 4.59. The van der Waals surface area contributed by atoms with Gasteiger partial charge in [0.1, 0.15) is 5.82 Å². The number of hydrogen-bond acceptors (Lipinski definition) is 3. The van der Waals surface area contributed by atoms with Crippen LogP contribution in [-0.2, 0) is 6.42 Å². The SMILES string of the molecule is CCCNC(Cc1ccc(Cl)c(F)c1)c1cnccn1. The monoisotopic (exact) mass is 293 g/mol. The van der Waals surface area contributed by atoms with E-state index in [1.165, 1.54) is 6.07 Å². The summed E-state index contributed by atoms with van der Waals surface area (Å²) in [6, 6.07) is 4.91. The fourth-order valence-electron chi connectivity index (χ4n) is 1.99. The number of aromatic nitrogens is 2. The fourth-order valence-corrected chi connectivity index (χ4v) is 2.11. The molecule has 1 aromatic carbocycles. The van der Waals surface area contributed by atoms with Crippen molar-refractivity contribution in [1.29, 1.82) is 0 Å². The Morgan fingerprint density at radius 2 is 2.20 bits per heavy atom. The number of nitrogens with zero attached hydrogens (tertiary/aromatic N) is 2. The summed E-state index contributed by atoms with van der Waals surface area (Å²) >= 11 is 5.70. The normalized spacial score (nSPS) is 12.3. The highest BCUT2D eigenvalue weighted by Crippen LogP contribution is 2.20. The number of rotatable bonds is 6. The Kier molecular flexibility index (Phi) is 5.44. The first kappa shape index (κ1) is 14.9. The number of hydrogen-bond donors (Lipinski definition) is 1. The number of halogens is 2. The first-order valence-electron chi connectivity index (χ1n) is 6.64. The van der Waals surface area contributed by atoms with Crippen LogP contribution in [0.2, 0.25) is 5.02 Å². The molecule has 0 fully saturated rings. The molecule has 0 radical (unpaired) electrons. The lowest BCUT2D eigenvalue weighted by molar-refractivity contribution is 0.514. The summed E-state index contributed by atoms with van der Waals surface area (Å²) in [6.45, 7) is 2.97. The van der Waals surface area contributed by atoms with Gasteiger partial charge in [-0.15, -0.1) is 0 Å². The first-order chi connectivity index (χ1) is 9.70. The smallest absolute Gasteiger partial charge is 0.142 e. The van der Waals surface area contributed by atoms with E-state index >= 15 is 0 Å². The summed E-state index contributed by atoms with van der Waals surface area (Å²) in [4.78, 5) is 8.41. The van der Waals surface area contributed by atoms with Crippen molar-refractivity contribution in [2.75, 3.05) is 6.54 Å². The average molecular weight is 294 g/mol. The molecule has 1 heterocycles. The van der Waals surface area contributed by atoms with E-state index in [9.17, 15) is 4.39 Å². The van der Waals surface area contributed by atoms with Crippen LogP contribution in [0.5, 0.6) is 0 Å². The minimum absolute atomic E-state index is 0.0178. The minimum atomic E-state index is -0.391. The zero-order chi connectivity index (χ0) is 14.4. The molecule has 0 bridgehead atoms. The van der Waals surface area contributed by atoms with Gasteiger partial charge in [0.25, 0.3) is 0 Å². The van der Waals surface area contributed by atoms with E-state index in [4.69, 9.17) is 11.6 Å². The van der Waals surface area contributed by atoms with Crippen LogP contribution in [0.1, 0.15) is 30.6 Å². The van der Waals surface area contributed by atoms with Crippen molar-refractivity contribution in [1.82, 2.24) is 15.3 Å². The summed E-state index contributed by atoms with van der Waals surface area (Å²) in [5.41, 5.74) is 1.74. The first-order valence-corrected chi connectivity index (χ1v) is 7.01. The van der Waals surface area contributed by atoms with Gasteiger partial charge in [0, 0.05) is 18.6 Å². The van der Waals surface area contributed by atoms with Crippen LogP contribution in [0.25, 0.3) is 0 Å². The highest BCUT2D eigenvalue weighted by molar-refractivity contribution is 6.30. The van der Waals surface area contributed by atoms with Gasteiger partial charge in [-0.05, 0) is 37.1 Å². The van der Waals surface area contributed by atoms with E-state index in [0.717, 1.165) is 24.2 Å². The van der Waals surface area contributed by atoms with Gasteiger partial charge >= 0.3 is 0 Å². The molecule has 0 aliphatic rings. The second kappa shape index (κ2) is 7.31. The molecule has 5 heteroatoms. The van der Waals surface area contributed by atoms with Gasteiger partial charge in [0.2, 0.25) is 0 Å². The molecule has 106 valence electrons. The van der Waals surface area contributed by atoms with Crippen LogP contribution in [0.3, 0.4) is 0 Å². The molecule has 1 unspecified atom stereocenters. The van der Waals surface area contributed by atoms with E-state index in [1.54, 1.807) is 24.7 Å². The molecule has 20 heavy (non-hydrogen) atoms. The van der Waals surface area contributed by atoms with Gasteiger partial charge in [-0.1, -0.05) is 24.6 Å². The zero-order valence-electron chi connectivity index (χ0n) is 11.3. The maximum absolute atomic E-state index is 13.5. The van der Waals surface area contributed by atoms with Gasteiger partial charge in [0.05, 0.1) is 16.8 Å². The summed E-state index contributed by atoms with van der Waals surface area (Å²) < 4.78 is 13.5. The number of benzene rings is 1. The van der Waals surface area contributed by atoms with Crippen molar-refractivity contribution in [3.63, 3.8) is 0 Å². The third kappa shape index (κ3) is 3.99. The van der Waals surface area contributed by atoms with Crippen LogP contribution in [-0.4, -0.2) is 16.5 Å². The Morgan fingerprint density at radius 1 is 1.35 bits per heavy atom. The number of nitrogens with one attached hydrogen (secondary N) is 1. The van der Waals surface area contributed by atoms with Crippen molar-refractivity contribution in [2.24, 2.45) is 0 Å². The van der Waals surface area contributed by atoms with Crippen LogP contribution < -0.4 is 5.32 Å². The highest BCUT2D eigenvalue weighted by Gasteiger charge is 2.14. The van der Waals surface area contributed by atoms with Gasteiger partial charge in [-0.3, -0.25) is 9.97 Å². The molecule has 0 aliphatic heterocycles.